The fourth-order valence-corrected chi connectivity index (χ4v) is 5.44. The maximum atomic E-state index is 12.3. The highest BCUT2D eigenvalue weighted by Gasteiger charge is 2.54. The van der Waals surface area contributed by atoms with Crippen LogP contribution in [0.1, 0.15) is 6.42 Å². The van der Waals surface area contributed by atoms with Gasteiger partial charge >= 0.3 is 11.8 Å². The van der Waals surface area contributed by atoms with E-state index in [2.05, 4.69) is 15.3 Å². The Hall–Kier alpha value is -2.34. The molecule has 6 rings (SSSR count). The van der Waals surface area contributed by atoms with Gasteiger partial charge in [-0.1, -0.05) is 34.8 Å². The van der Waals surface area contributed by atoms with Crippen LogP contribution in [-0.4, -0.2) is 87.7 Å². The monoisotopic (exact) mass is 515 g/mol. The SMILES string of the molecule is CN(C)C1CN(c2nc3c(Cl)c(Cl)c(Cl)nc3c(NC3C4CC3N(C(=O)O)C4)c2[N+](=O)[O-])C1. The van der Waals surface area contributed by atoms with E-state index in [1.54, 1.807) is 0 Å². The molecule has 1 amide bonds. The topological polar surface area (TPSA) is 128 Å². The number of halogens is 3. The van der Waals surface area contributed by atoms with Crippen molar-refractivity contribution in [3.8, 4) is 0 Å². The fraction of sp³-hybridized carbons (Fsp3) is 0.526. The van der Waals surface area contributed by atoms with E-state index in [1.807, 2.05) is 23.9 Å². The van der Waals surface area contributed by atoms with Crippen molar-refractivity contribution < 1.29 is 14.8 Å². The molecular formula is C19H20Cl3N7O4. The van der Waals surface area contributed by atoms with Crippen molar-refractivity contribution >= 4 is 69.1 Å². The van der Waals surface area contributed by atoms with Crippen LogP contribution in [0.4, 0.5) is 22.0 Å². The molecule has 2 bridgehead atoms. The number of nitrogens with one attached hydrogen (secondary N) is 1. The zero-order valence-corrected chi connectivity index (χ0v) is 19.9. The summed E-state index contributed by atoms with van der Waals surface area (Å²) in [4.78, 5) is 37.3. The summed E-state index contributed by atoms with van der Waals surface area (Å²) in [6.07, 6.45) is -0.307. The number of likely N-dealkylation sites (N-methyl/N-ethyl adjacent to an activating group) is 1. The van der Waals surface area contributed by atoms with Gasteiger partial charge in [-0.25, -0.2) is 14.8 Å². The number of aromatic nitrogens is 2. The second kappa shape index (κ2) is 7.86. The first-order valence-corrected chi connectivity index (χ1v) is 11.4. The van der Waals surface area contributed by atoms with E-state index in [-0.39, 0.29) is 67.5 Å². The van der Waals surface area contributed by atoms with Crippen molar-refractivity contribution in [2.45, 2.75) is 24.5 Å². The zero-order valence-electron chi connectivity index (χ0n) is 17.6. The van der Waals surface area contributed by atoms with Crippen LogP contribution >= 0.6 is 34.8 Å². The molecule has 3 saturated heterocycles. The Morgan fingerprint density at radius 3 is 2.45 bits per heavy atom. The minimum Gasteiger partial charge on any atom is -0.465 e. The number of hydrogen-bond donors (Lipinski definition) is 2. The van der Waals surface area contributed by atoms with Crippen LogP contribution in [0.15, 0.2) is 0 Å². The Labute approximate surface area is 203 Å². The molecule has 11 nitrogen and oxygen atoms in total. The smallest absolute Gasteiger partial charge is 0.407 e. The maximum Gasteiger partial charge on any atom is 0.407 e. The number of fused-ring (bicyclic) bond motifs is 2. The minimum atomic E-state index is -1.01. The first-order chi connectivity index (χ1) is 15.6. The molecule has 1 aliphatic carbocycles. The lowest BCUT2D eigenvalue weighted by atomic mass is 9.80. The number of hydrogen-bond acceptors (Lipinski definition) is 8. The predicted octanol–water partition coefficient (Wildman–Crippen LogP) is 3.41. The summed E-state index contributed by atoms with van der Waals surface area (Å²) >= 11 is 18.8. The third kappa shape index (κ3) is 3.40. The standard InChI is InChI=1S/C19H20Cl3N7O4/c1-26(2)8-5-27(6-8)18-16(29(32)33)15(14-13(25-18)10(20)11(21)17(22)24-14)23-12-7-3-9(12)28(4-7)19(30)31/h7-9,12H,3-6H2,1-2H3,(H,23,25)(H,30,31). The molecule has 3 aliphatic heterocycles. The zero-order chi connectivity index (χ0) is 23.8. The number of pyridine rings is 2. The molecule has 0 spiro atoms. The number of nitro groups is 1. The normalized spacial score (nSPS) is 24.2. The molecule has 14 heteroatoms. The van der Waals surface area contributed by atoms with Crippen molar-refractivity contribution in [3.05, 3.63) is 25.3 Å². The first-order valence-electron chi connectivity index (χ1n) is 10.3. The lowest BCUT2D eigenvalue weighted by Gasteiger charge is -2.43. The highest BCUT2D eigenvalue weighted by molar-refractivity contribution is 6.49. The van der Waals surface area contributed by atoms with Crippen LogP contribution in [0, 0.1) is 16.0 Å². The molecule has 5 heterocycles. The third-order valence-corrected chi connectivity index (χ3v) is 8.05. The van der Waals surface area contributed by atoms with Crippen molar-refractivity contribution in [1.82, 2.24) is 19.8 Å². The van der Waals surface area contributed by atoms with Crippen LogP contribution in [0.25, 0.3) is 11.0 Å². The Balaban J connectivity index is 1.65. The first kappa shape index (κ1) is 22.5. The molecule has 2 N–H and O–H groups in total. The summed E-state index contributed by atoms with van der Waals surface area (Å²) in [6, 6.07) is -0.342. The second-order valence-electron chi connectivity index (χ2n) is 8.83. The molecule has 3 atom stereocenters. The summed E-state index contributed by atoms with van der Waals surface area (Å²) in [7, 11) is 3.89. The van der Waals surface area contributed by atoms with E-state index in [4.69, 9.17) is 34.8 Å². The van der Waals surface area contributed by atoms with Crippen molar-refractivity contribution in [3.63, 3.8) is 0 Å². The Morgan fingerprint density at radius 2 is 1.88 bits per heavy atom. The van der Waals surface area contributed by atoms with Gasteiger partial charge in [-0.05, 0) is 20.5 Å². The van der Waals surface area contributed by atoms with Crippen molar-refractivity contribution in [2.24, 2.45) is 5.92 Å². The van der Waals surface area contributed by atoms with Crippen molar-refractivity contribution in [2.75, 3.05) is 43.9 Å². The molecule has 0 radical (unpaired) electrons. The van der Waals surface area contributed by atoms with E-state index in [0.717, 1.165) is 0 Å². The van der Waals surface area contributed by atoms with Gasteiger partial charge in [-0.15, -0.1) is 0 Å². The predicted molar refractivity (Wildman–Crippen MR) is 125 cm³/mol. The average Bonchev–Trinajstić information content (AvgIpc) is 3.29. The van der Waals surface area contributed by atoms with E-state index in [0.29, 0.717) is 26.1 Å². The fourth-order valence-electron chi connectivity index (χ4n) is 4.86. The summed E-state index contributed by atoms with van der Waals surface area (Å²) < 4.78 is 0. The maximum absolute atomic E-state index is 12.3. The van der Waals surface area contributed by atoms with Gasteiger partial charge in [0, 0.05) is 31.6 Å². The van der Waals surface area contributed by atoms with E-state index in [9.17, 15) is 20.0 Å². The lowest BCUT2D eigenvalue weighted by Crippen LogP contribution is -2.58. The van der Waals surface area contributed by atoms with Gasteiger partial charge in [-0.2, -0.15) is 0 Å². The average molecular weight is 517 g/mol. The summed E-state index contributed by atoms with van der Waals surface area (Å²) in [5.41, 5.74) is 0.211. The van der Waals surface area contributed by atoms with Crippen LogP contribution < -0.4 is 10.2 Å². The quantitative estimate of drug-likeness (QED) is 0.349. The van der Waals surface area contributed by atoms with Gasteiger partial charge in [0.15, 0.2) is 0 Å². The Bertz CT molecular complexity index is 1190. The summed E-state index contributed by atoms with van der Waals surface area (Å²) in [6.45, 7) is 1.48. The van der Waals surface area contributed by atoms with Crippen LogP contribution in [0.5, 0.6) is 0 Å². The molecule has 3 unspecified atom stereocenters. The Morgan fingerprint density at radius 1 is 1.18 bits per heavy atom. The lowest BCUT2D eigenvalue weighted by molar-refractivity contribution is -0.383. The number of rotatable bonds is 5. The molecule has 2 aromatic rings. The molecule has 4 fully saturated rings. The highest BCUT2D eigenvalue weighted by Crippen LogP contribution is 2.48. The van der Waals surface area contributed by atoms with Gasteiger partial charge in [0.1, 0.15) is 21.9 Å². The summed E-state index contributed by atoms with van der Waals surface area (Å²) in [5.74, 6) is 0.203. The molecule has 33 heavy (non-hydrogen) atoms. The van der Waals surface area contributed by atoms with Gasteiger partial charge in [0.2, 0.25) is 5.82 Å². The van der Waals surface area contributed by atoms with Crippen LogP contribution in [-0.2, 0) is 0 Å². The van der Waals surface area contributed by atoms with Crippen LogP contribution in [0.2, 0.25) is 15.2 Å². The molecular weight excluding hydrogens is 497 g/mol. The van der Waals surface area contributed by atoms with E-state index >= 15 is 0 Å². The number of anilines is 2. The van der Waals surface area contributed by atoms with E-state index < -0.39 is 11.0 Å². The molecule has 1 saturated carbocycles. The number of carboxylic acid groups (broad SMARTS) is 1. The molecule has 176 valence electrons. The number of amides is 1. The van der Waals surface area contributed by atoms with Gasteiger partial charge in [-0.3, -0.25) is 10.1 Å². The number of nitrogens with zero attached hydrogens (tertiary/aromatic N) is 6. The summed E-state index contributed by atoms with van der Waals surface area (Å²) in [5, 5.41) is 24.9. The number of carbonyl (C=O) groups is 1. The second-order valence-corrected chi connectivity index (χ2v) is 9.95. The minimum absolute atomic E-state index is 0.0135. The molecule has 4 aliphatic rings. The van der Waals surface area contributed by atoms with Crippen LogP contribution in [0.3, 0.4) is 0 Å². The largest absolute Gasteiger partial charge is 0.465 e. The Kier molecular flexibility index (Phi) is 5.35. The molecule has 2 aromatic heterocycles. The third-order valence-electron chi connectivity index (χ3n) is 6.85. The van der Waals surface area contributed by atoms with Crippen molar-refractivity contribution in [1.29, 1.82) is 0 Å². The van der Waals surface area contributed by atoms with E-state index in [1.165, 1.54) is 4.90 Å². The highest BCUT2D eigenvalue weighted by atomic mass is 35.5. The van der Waals surface area contributed by atoms with Gasteiger partial charge in [0.05, 0.1) is 27.1 Å². The van der Waals surface area contributed by atoms with Gasteiger partial charge < -0.3 is 25.1 Å². The molecule has 0 aromatic carbocycles. The van der Waals surface area contributed by atoms with Gasteiger partial charge in [0.25, 0.3) is 0 Å².